The molecule has 148 valence electrons. The predicted molar refractivity (Wildman–Crippen MR) is 106 cm³/mol. The summed E-state index contributed by atoms with van der Waals surface area (Å²) in [5.74, 6) is 0.522. The van der Waals surface area contributed by atoms with Gasteiger partial charge in [-0.2, -0.15) is 0 Å². The van der Waals surface area contributed by atoms with Crippen molar-refractivity contribution in [3.8, 4) is 16.9 Å². The molecule has 0 radical (unpaired) electrons. The highest BCUT2D eigenvalue weighted by molar-refractivity contribution is 5.88. The van der Waals surface area contributed by atoms with Crippen LogP contribution in [0, 0.1) is 12.7 Å². The molecule has 0 saturated carbocycles. The third kappa shape index (κ3) is 3.26. The molecule has 5 nitrogen and oxygen atoms in total. The van der Waals surface area contributed by atoms with Crippen molar-refractivity contribution in [3.05, 3.63) is 47.5 Å². The van der Waals surface area contributed by atoms with Crippen LogP contribution in [-0.2, 0) is 4.79 Å². The molecule has 3 heterocycles. The van der Waals surface area contributed by atoms with E-state index in [4.69, 9.17) is 4.74 Å². The standard InChI is InChI=1S/C22H26FN3O2/c1-4-28-16-5-6-18(23)17(13-16)15-11-14(2)24-20(12-15)19-7-8-22(25-19)9-10-26(3)21(22)27/h5-6,11-13,19,25H,4,7-10H2,1-3H3/t19?,22-/m1/s1. The second-order valence-corrected chi connectivity index (χ2v) is 7.79. The molecule has 28 heavy (non-hydrogen) atoms. The van der Waals surface area contributed by atoms with Crippen molar-refractivity contribution in [2.45, 2.75) is 44.7 Å². The first-order valence-corrected chi connectivity index (χ1v) is 9.86. The molecule has 2 aliphatic heterocycles. The summed E-state index contributed by atoms with van der Waals surface area (Å²) in [4.78, 5) is 19.1. The average Bonchev–Trinajstić information content (AvgIpc) is 3.23. The maximum Gasteiger partial charge on any atom is 0.242 e. The number of ether oxygens (including phenoxy) is 1. The van der Waals surface area contributed by atoms with E-state index in [0.717, 1.165) is 42.8 Å². The Balaban J connectivity index is 1.66. The van der Waals surface area contributed by atoms with Crippen LogP contribution in [0.15, 0.2) is 30.3 Å². The lowest BCUT2D eigenvalue weighted by Crippen LogP contribution is -2.47. The van der Waals surface area contributed by atoms with Crippen molar-refractivity contribution < 1.29 is 13.9 Å². The number of aromatic nitrogens is 1. The van der Waals surface area contributed by atoms with Crippen LogP contribution in [0.2, 0.25) is 0 Å². The fraction of sp³-hybridized carbons (Fsp3) is 0.455. The molecule has 2 atom stereocenters. The largest absolute Gasteiger partial charge is 0.494 e. The molecule has 2 aliphatic rings. The summed E-state index contributed by atoms with van der Waals surface area (Å²) in [6, 6.07) is 8.62. The van der Waals surface area contributed by atoms with E-state index in [2.05, 4.69) is 10.3 Å². The van der Waals surface area contributed by atoms with Gasteiger partial charge in [-0.25, -0.2) is 4.39 Å². The normalized spacial score (nSPS) is 24.4. The van der Waals surface area contributed by atoms with E-state index in [0.29, 0.717) is 17.9 Å². The maximum absolute atomic E-state index is 14.5. The van der Waals surface area contributed by atoms with Crippen LogP contribution in [0.3, 0.4) is 0 Å². The number of benzene rings is 1. The predicted octanol–water partition coefficient (Wildman–Crippen LogP) is 3.62. The van der Waals surface area contributed by atoms with Crippen LogP contribution < -0.4 is 10.1 Å². The summed E-state index contributed by atoms with van der Waals surface area (Å²) in [5.41, 5.74) is 2.49. The quantitative estimate of drug-likeness (QED) is 0.876. The Morgan fingerprint density at radius 3 is 2.86 bits per heavy atom. The van der Waals surface area contributed by atoms with E-state index in [-0.39, 0.29) is 17.8 Å². The summed E-state index contributed by atoms with van der Waals surface area (Å²) in [6.07, 6.45) is 2.47. The molecule has 1 spiro atoms. The fourth-order valence-electron chi connectivity index (χ4n) is 4.40. The molecule has 2 aromatic rings. The van der Waals surface area contributed by atoms with Crippen molar-refractivity contribution in [1.82, 2.24) is 15.2 Å². The van der Waals surface area contributed by atoms with Gasteiger partial charge in [0.05, 0.1) is 18.3 Å². The number of pyridine rings is 1. The van der Waals surface area contributed by atoms with Gasteiger partial charge >= 0.3 is 0 Å². The molecule has 1 aromatic heterocycles. The molecule has 1 unspecified atom stereocenters. The van der Waals surface area contributed by atoms with Gasteiger partial charge in [0.25, 0.3) is 0 Å². The Labute approximate surface area is 164 Å². The lowest BCUT2D eigenvalue weighted by Gasteiger charge is -2.23. The summed E-state index contributed by atoms with van der Waals surface area (Å²) in [7, 11) is 1.85. The number of hydrogen-bond donors (Lipinski definition) is 1. The third-order valence-electron chi connectivity index (χ3n) is 5.83. The number of halogens is 1. The first-order chi connectivity index (χ1) is 13.4. The molecular formula is C22H26FN3O2. The van der Waals surface area contributed by atoms with Gasteiger partial charge < -0.3 is 9.64 Å². The van der Waals surface area contributed by atoms with Gasteiger partial charge in [0.1, 0.15) is 17.1 Å². The topological polar surface area (TPSA) is 54.5 Å². The molecule has 1 aromatic carbocycles. The van der Waals surface area contributed by atoms with Crippen LogP contribution in [0.5, 0.6) is 5.75 Å². The van der Waals surface area contributed by atoms with Gasteiger partial charge in [-0.3, -0.25) is 15.1 Å². The van der Waals surface area contributed by atoms with Crippen LogP contribution in [-0.4, -0.2) is 41.5 Å². The molecule has 4 rings (SSSR count). The lowest BCUT2D eigenvalue weighted by molar-refractivity contribution is -0.131. The highest BCUT2D eigenvalue weighted by Crippen LogP contribution is 2.39. The van der Waals surface area contributed by atoms with Gasteiger partial charge in [-0.15, -0.1) is 0 Å². The van der Waals surface area contributed by atoms with Crippen molar-refractivity contribution in [2.75, 3.05) is 20.2 Å². The first kappa shape index (κ1) is 18.9. The minimum absolute atomic E-state index is 0.00719. The maximum atomic E-state index is 14.5. The SMILES string of the molecule is CCOc1ccc(F)c(-c2cc(C)nc(C3CC[C@]4(CCN(C)C4=O)N3)c2)c1. The number of likely N-dealkylation sites (tertiary alicyclic amines) is 1. The Morgan fingerprint density at radius 1 is 1.32 bits per heavy atom. The van der Waals surface area contributed by atoms with E-state index < -0.39 is 5.54 Å². The molecule has 0 bridgehead atoms. The van der Waals surface area contributed by atoms with Gasteiger partial charge in [-0.05, 0) is 69.0 Å². The molecule has 2 fully saturated rings. The van der Waals surface area contributed by atoms with Gasteiger partial charge in [0, 0.05) is 24.8 Å². The number of carbonyl (C=O) groups is 1. The van der Waals surface area contributed by atoms with Gasteiger partial charge in [0.2, 0.25) is 5.91 Å². The second kappa shape index (κ2) is 7.17. The summed E-state index contributed by atoms with van der Waals surface area (Å²) < 4.78 is 20.1. The summed E-state index contributed by atoms with van der Waals surface area (Å²) >= 11 is 0. The lowest BCUT2D eigenvalue weighted by atomic mass is 9.96. The van der Waals surface area contributed by atoms with Crippen LogP contribution >= 0.6 is 0 Å². The molecule has 6 heteroatoms. The smallest absolute Gasteiger partial charge is 0.242 e. The second-order valence-electron chi connectivity index (χ2n) is 7.79. The minimum atomic E-state index is -0.467. The van der Waals surface area contributed by atoms with E-state index in [1.807, 2.05) is 33.0 Å². The van der Waals surface area contributed by atoms with Crippen molar-refractivity contribution in [2.24, 2.45) is 0 Å². The van der Waals surface area contributed by atoms with Crippen LogP contribution in [0.1, 0.15) is 43.6 Å². The van der Waals surface area contributed by atoms with Gasteiger partial charge in [0.15, 0.2) is 0 Å². The zero-order chi connectivity index (χ0) is 19.9. The molecule has 0 aliphatic carbocycles. The average molecular weight is 383 g/mol. The monoisotopic (exact) mass is 383 g/mol. The zero-order valence-electron chi connectivity index (χ0n) is 16.6. The zero-order valence-corrected chi connectivity index (χ0v) is 16.6. The van der Waals surface area contributed by atoms with Crippen LogP contribution in [0.25, 0.3) is 11.1 Å². The number of likely N-dealkylation sites (N-methyl/N-ethyl adjacent to an activating group) is 1. The number of nitrogens with zero attached hydrogens (tertiary/aromatic N) is 2. The molecular weight excluding hydrogens is 357 g/mol. The molecule has 1 amide bonds. The van der Waals surface area contributed by atoms with E-state index in [1.54, 1.807) is 17.0 Å². The number of amides is 1. The van der Waals surface area contributed by atoms with Crippen molar-refractivity contribution in [3.63, 3.8) is 0 Å². The Kier molecular flexibility index (Phi) is 4.83. The Morgan fingerprint density at radius 2 is 2.14 bits per heavy atom. The number of hydrogen-bond acceptors (Lipinski definition) is 4. The van der Waals surface area contributed by atoms with E-state index >= 15 is 0 Å². The minimum Gasteiger partial charge on any atom is -0.494 e. The van der Waals surface area contributed by atoms with E-state index in [9.17, 15) is 9.18 Å². The highest BCUT2D eigenvalue weighted by Gasteiger charge is 2.50. The van der Waals surface area contributed by atoms with Crippen molar-refractivity contribution >= 4 is 5.91 Å². The first-order valence-electron chi connectivity index (χ1n) is 9.86. The summed E-state index contributed by atoms with van der Waals surface area (Å²) in [6.45, 7) is 5.13. The Hall–Kier alpha value is -2.47. The molecule has 2 saturated heterocycles. The van der Waals surface area contributed by atoms with Crippen molar-refractivity contribution in [1.29, 1.82) is 0 Å². The number of rotatable bonds is 4. The van der Waals surface area contributed by atoms with Crippen LogP contribution in [0.4, 0.5) is 4.39 Å². The molecule has 1 N–H and O–H groups in total. The highest BCUT2D eigenvalue weighted by atomic mass is 19.1. The van der Waals surface area contributed by atoms with Gasteiger partial charge in [-0.1, -0.05) is 0 Å². The number of aryl methyl sites for hydroxylation is 1. The Bertz CT molecular complexity index is 917. The number of nitrogens with one attached hydrogen (secondary N) is 1. The fourth-order valence-corrected chi connectivity index (χ4v) is 4.40. The van der Waals surface area contributed by atoms with E-state index in [1.165, 1.54) is 6.07 Å². The summed E-state index contributed by atoms with van der Waals surface area (Å²) in [5, 5.41) is 3.54. The third-order valence-corrected chi connectivity index (χ3v) is 5.83. The number of carbonyl (C=O) groups excluding carboxylic acids is 1.